The van der Waals surface area contributed by atoms with Gasteiger partial charge in [0.2, 0.25) is 5.69 Å². The van der Waals surface area contributed by atoms with E-state index in [0.29, 0.717) is 0 Å². The molecule has 6 heteroatoms. The topological polar surface area (TPSA) is 73.8 Å². The van der Waals surface area contributed by atoms with Crippen LogP contribution in [0.25, 0.3) is 4.85 Å². The van der Waals surface area contributed by atoms with Gasteiger partial charge in [0, 0.05) is 12.1 Å². The number of nitro benzene ring substituents is 1. The monoisotopic (exact) mass is 206 g/mol. The molecule has 0 N–H and O–H groups in total. The minimum atomic E-state index is -0.760. The summed E-state index contributed by atoms with van der Waals surface area (Å²) in [6.07, 6.45) is 0. The highest BCUT2D eigenvalue weighted by Gasteiger charge is 2.16. The van der Waals surface area contributed by atoms with Gasteiger partial charge in [0.15, 0.2) is 0 Å². The van der Waals surface area contributed by atoms with Gasteiger partial charge in [-0.1, -0.05) is 0 Å². The van der Waals surface area contributed by atoms with Crippen molar-refractivity contribution in [3.05, 3.63) is 45.3 Å². The number of carbonyl (C=O) groups excluding carboxylic acids is 1. The van der Waals surface area contributed by atoms with E-state index in [9.17, 15) is 14.9 Å². The lowest BCUT2D eigenvalue weighted by atomic mass is 10.1. The molecule has 76 valence electrons. The predicted molar refractivity (Wildman–Crippen MR) is 50.7 cm³/mol. The van der Waals surface area contributed by atoms with Gasteiger partial charge >= 0.3 is 5.97 Å². The molecule has 0 bridgehead atoms. The average molecular weight is 206 g/mol. The van der Waals surface area contributed by atoms with Gasteiger partial charge in [0.05, 0.1) is 24.2 Å². The molecular weight excluding hydrogens is 200 g/mol. The van der Waals surface area contributed by atoms with Crippen molar-refractivity contribution >= 4 is 17.3 Å². The van der Waals surface area contributed by atoms with Crippen LogP contribution in [0.1, 0.15) is 10.4 Å². The Morgan fingerprint density at radius 2 is 2.27 bits per heavy atom. The van der Waals surface area contributed by atoms with Crippen molar-refractivity contribution in [2.75, 3.05) is 7.11 Å². The van der Waals surface area contributed by atoms with E-state index in [1.807, 2.05) is 0 Å². The molecule has 0 fully saturated rings. The van der Waals surface area contributed by atoms with Crippen molar-refractivity contribution in [3.8, 4) is 0 Å². The second-order valence-electron chi connectivity index (χ2n) is 2.56. The van der Waals surface area contributed by atoms with E-state index in [1.54, 1.807) is 0 Å². The molecule has 0 heterocycles. The Morgan fingerprint density at radius 1 is 1.60 bits per heavy atom. The van der Waals surface area contributed by atoms with Crippen molar-refractivity contribution in [1.29, 1.82) is 0 Å². The molecule has 0 aliphatic carbocycles. The average Bonchev–Trinajstić information content (AvgIpc) is 2.27. The minimum Gasteiger partial charge on any atom is -0.466 e. The summed E-state index contributed by atoms with van der Waals surface area (Å²) in [5.74, 6) is -0.760. The highest BCUT2D eigenvalue weighted by molar-refractivity contribution is 5.96. The van der Waals surface area contributed by atoms with Crippen LogP contribution >= 0.6 is 0 Å². The summed E-state index contributed by atoms with van der Waals surface area (Å²) in [5.41, 5.74) is -0.308. The van der Waals surface area contributed by atoms with Crippen molar-refractivity contribution in [3.63, 3.8) is 0 Å². The first-order valence-corrected chi connectivity index (χ1v) is 3.84. The Balaban J connectivity index is 3.33. The fraction of sp³-hybridized carbons (Fsp3) is 0.111. The summed E-state index contributed by atoms with van der Waals surface area (Å²) in [7, 11) is 1.15. The molecule has 6 nitrogen and oxygen atoms in total. The molecule has 0 saturated heterocycles. The molecule has 0 saturated carbocycles. The molecule has 0 spiro atoms. The number of nitro groups is 1. The number of rotatable bonds is 2. The standard InChI is InChI=1S/C9H6N2O4/c1-10-8-4-3-6(11(13)14)5-7(8)9(12)15-2/h3-5H,2H3. The molecule has 0 radical (unpaired) electrons. The van der Waals surface area contributed by atoms with E-state index >= 15 is 0 Å². The van der Waals surface area contributed by atoms with E-state index in [1.165, 1.54) is 12.1 Å². The van der Waals surface area contributed by atoms with Gasteiger partial charge in [-0.15, -0.1) is 0 Å². The number of nitrogens with zero attached hydrogens (tertiary/aromatic N) is 2. The summed E-state index contributed by atoms with van der Waals surface area (Å²) < 4.78 is 4.41. The van der Waals surface area contributed by atoms with Gasteiger partial charge in [-0.2, -0.15) is 0 Å². The van der Waals surface area contributed by atoms with E-state index in [-0.39, 0.29) is 16.9 Å². The Hall–Kier alpha value is -2.42. The zero-order valence-electron chi connectivity index (χ0n) is 7.76. The second-order valence-corrected chi connectivity index (χ2v) is 2.56. The van der Waals surface area contributed by atoms with Crippen LogP contribution in [0.3, 0.4) is 0 Å². The lowest BCUT2D eigenvalue weighted by Crippen LogP contribution is -2.02. The lowest BCUT2D eigenvalue weighted by Gasteiger charge is -2.01. The molecule has 0 aliphatic heterocycles. The third kappa shape index (κ3) is 2.08. The van der Waals surface area contributed by atoms with Gasteiger partial charge < -0.3 is 4.74 Å². The van der Waals surface area contributed by atoms with E-state index in [4.69, 9.17) is 6.57 Å². The fourth-order valence-electron chi connectivity index (χ4n) is 1.01. The number of ether oxygens (including phenoxy) is 1. The van der Waals surface area contributed by atoms with Gasteiger partial charge in [-0.05, 0) is 6.07 Å². The smallest absolute Gasteiger partial charge is 0.327 e. The van der Waals surface area contributed by atoms with Crippen molar-refractivity contribution in [1.82, 2.24) is 0 Å². The lowest BCUT2D eigenvalue weighted by molar-refractivity contribution is -0.384. The van der Waals surface area contributed by atoms with Crippen LogP contribution in [0, 0.1) is 16.7 Å². The van der Waals surface area contributed by atoms with E-state index in [2.05, 4.69) is 9.58 Å². The van der Waals surface area contributed by atoms with Gasteiger partial charge in [-0.3, -0.25) is 10.1 Å². The van der Waals surface area contributed by atoms with E-state index in [0.717, 1.165) is 13.2 Å². The Bertz CT molecular complexity index is 462. The van der Waals surface area contributed by atoms with Crippen molar-refractivity contribution in [2.45, 2.75) is 0 Å². The fourth-order valence-corrected chi connectivity index (χ4v) is 1.01. The first-order chi connectivity index (χ1) is 7.10. The molecule has 15 heavy (non-hydrogen) atoms. The maximum absolute atomic E-state index is 11.2. The first-order valence-electron chi connectivity index (χ1n) is 3.84. The highest BCUT2D eigenvalue weighted by atomic mass is 16.6. The summed E-state index contributed by atoms with van der Waals surface area (Å²) in [6, 6.07) is 3.41. The second kappa shape index (κ2) is 4.19. The Labute approximate surface area is 85.1 Å². The third-order valence-electron chi connectivity index (χ3n) is 1.72. The maximum atomic E-state index is 11.2. The number of non-ortho nitro benzene ring substituents is 1. The van der Waals surface area contributed by atoms with Crippen LogP contribution in [0.2, 0.25) is 0 Å². The molecule has 1 aromatic rings. The Morgan fingerprint density at radius 3 is 2.73 bits per heavy atom. The highest BCUT2D eigenvalue weighted by Crippen LogP contribution is 2.24. The number of carbonyl (C=O) groups is 1. The van der Waals surface area contributed by atoms with Gasteiger partial charge in [0.25, 0.3) is 5.69 Å². The number of methoxy groups -OCH3 is 1. The number of hydrogen-bond acceptors (Lipinski definition) is 4. The maximum Gasteiger partial charge on any atom is 0.327 e. The molecule has 0 amide bonds. The summed E-state index contributed by atoms with van der Waals surface area (Å²) in [6.45, 7) is 6.78. The molecule has 1 rings (SSSR count). The molecule has 0 aliphatic rings. The summed E-state index contributed by atoms with van der Waals surface area (Å²) in [5, 5.41) is 10.4. The predicted octanol–water partition coefficient (Wildman–Crippen LogP) is 1.93. The number of esters is 1. The van der Waals surface area contributed by atoms with Gasteiger partial charge in [0.1, 0.15) is 0 Å². The van der Waals surface area contributed by atoms with Crippen LogP contribution in [-0.4, -0.2) is 18.0 Å². The molecule has 0 unspecified atom stereocenters. The zero-order valence-corrected chi connectivity index (χ0v) is 7.76. The van der Waals surface area contributed by atoms with Crippen LogP contribution in [0.15, 0.2) is 18.2 Å². The quantitative estimate of drug-likeness (QED) is 0.320. The first kappa shape index (κ1) is 10.7. The van der Waals surface area contributed by atoms with Crippen LogP contribution in [-0.2, 0) is 4.74 Å². The van der Waals surface area contributed by atoms with Crippen molar-refractivity contribution < 1.29 is 14.5 Å². The summed E-state index contributed by atoms with van der Waals surface area (Å²) >= 11 is 0. The van der Waals surface area contributed by atoms with Crippen LogP contribution < -0.4 is 0 Å². The largest absolute Gasteiger partial charge is 0.466 e. The molecule has 0 atom stereocenters. The van der Waals surface area contributed by atoms with Crippen LogP contribution in [0.4, 0.5) is 11.4 Å². The molecular formula is C9H6N2O4. The number of benzene rings is 1. The van der Waals surface area contributed by atoms with E-state index < -0.39 is 10.9 Å². The third-order valence-corrected chi connectivity index (χ3v) is 1.72. The molecule has 1 aromatic carbocycles. The zero-order chi connectivity index (χ0) is 11.4. The van der Waals surface area contributed by atoms with Crippen LogP contribution in [0.5, 0.6) is 0 Å². The normalized spacial score (nSPS) is 9.07. The van der Waals surface area contributed by atoms with Gasteiger partial charge in [-0.25, -0.2) is 9.64 Å². The number of hydrogen-bond donors (Lipinski definition) is 0. The van der Waals surface area contributed by atoms with Crippen molar-refractivity contribution in [2.24, 2.45) is 0 Å². The molecule has 0 aromatic heterocycles. The minimum absolute atomic E-state index is 0.0347. The Kier molecular flexibility index (Phi) is 2.98. The summed E-state index contributed by atoms with van der Waals surface area (Å²) in [4.78, 5) is 24.0. The SMILES string of the molecule is [C-]#[N+]c1ccc([N+](=O)[O-])cc1C(=O)OC.